The van der Waals surface area contributed by atoms with Gasteiger partial charge in [-0.3, -0.25) is 4.98 Å². The molecule has 1 fully saturated rings. The second-order valence-corrected chi connectivity index (χ2v) is 8.01. The number of pyridine rings is 1. The molecule has 0 saturated carbocycles. The fourth-order valence-electron chi connectivity index (χ4n) is 2.97. The summed E-state index contributed by atoms with van der Waals surface area (Å²) in [6.07, 6.45) is 2.04. The average molecular weight is 349 g/mol. The second-order valence-electron chi connectivity index (χ2n) is 5.78. The predicted molar refractivity (Wildman–Crippen MR) is 91.6 cm³/mol. The maximum Gasteiger partial charge on any atom is 0.322 e. The number of sulfone groups is 1. The Morgan fingerprint density at radius 3 is 2.83 bits per heavy atom. The van der Waals surface area contributed by atoms with Crippen LogP contribution in [-0.4, -0.2) is 60.1 Å². The summed E-state index contributed by atoms with van der Waals surface area (Å²) >= 11 is 0. The number of fused-ring (bicyclic) bond motifs is 1. The van der Waals surface area contributed by atoms with E-state index in [0.29, 0.717) is 17.6 Å². The van der Waals surface area contributed by atoms with Gasteiger partial charge < -0.3 is 15.3 Å². The van der Waals surface area contributed by atoms with Crippen molar-refractivity contribution in [3.63, 3.8) is 0 Å². The molecule has 2 heterocycles. The molecular formula is C16H19N3O4S. The van der Waals surface area contributed by atoms with Crippen LogP contribution in [0.3, 0.4) is 0 Å². The highest BCUT2D eigenvalue weighted by Gasteiger charge is 2.34. The minimum atomic E-state index is -3.12. The van der Waals surface area contributed by atoms with Crippen LogP contribution in [0.4, 0.5) is 10.5 Å². The van der Waals surface area contributed by atoms with Crippen LogP contribution in [0.25, 0.3) is 10.9 Å². The smallest absolute Gasteiger partial charge is 0.322 e. The number of carbonyl (C=O) groups is 1. The minimum Gasteiger partial charge on any atom is -0.395 e. The Bertz CT molecular complexity index is 848. The monoisotopic (exact) mass is 349 g/mol. The van der Waals surface area contributed by atoms with E-state index in [0.717, 1.165) is 5.39 Å². The minimum absolute atomic E-state index is 0.0613. The lowest BCUT2D eigenvalue weighted by Crippen LogP contribution is -2.45. The number of nitrogens with zero attached hydrogens (tertiary/aromatic N) is 2. The number of rotatable bonds is 4. The van der Waals surface area contributed by atoms with E-state index in [1.165, 1.54) is 4.90 Å². The maximum absolute atomic E-state index is 12.6. The van der Waals surface area contributed by atoms with E-state index in [1.807, 2.05) is 24.3 Å². The van der Waals surface area contributed by atoms with Gasteiger partial charge in [-0.2, -0.15) is 0 Å². The van der Waals surface area contributed by atoms with E-state index < -0.39 is 21.9 Å². The van der Waals surface area contributed by atoms with Crippen LogP contribution < -0.4 is 5.32 Å². The molecule has 2 amide bonds. The van der Waals surface area contributed by atoms with Crippen LogP contribution in [0, 0.1) is 0 Å². The molecule has 2 aromatic rings. The van der Waals surface area contributed by atoms with Crippen molar-refractivity contribution in [2.24, 2.45) is 0 Å². The molecule has 128 valence electrons. The molecule has 8 heteroatoms. The van der Waals surface area contributed by atoms with Gasteiger partial charge in [-0.05, 0) is 18.6 Å². The van der Waals surface area contributed by atoms with Gasteiger partial charge in [0, 0.05) is 24.2 Å². The van der Waals surface area contributed by atoms with Crippen LogP contribution in [0.15, 0.2) is 36.5 Å². The third-order valence-corrected chi connectivity index (χ3v) is 5.88. The van der Waals surface area contributed by atoms with Crippen LogP contribution >= 0.6 is 0 Å². The summed E-state index contributed by atoms with van der Waals surface area (Å²) in [5, 5.41) is 12.9. The first kappa shape index (κ1) is 16.7. The van der Waals surface area contributed by atoms with Crippen molar-refractivity contribution in [2.45, 2.75) is 12.5 Å². The zero-order chi connectivity index (χ0) is 17.2. The fourth-order valence-corrected chi connectivity index (χ4v) is 4.70. The summed E-state index contributed by atoms with van der Waals surface area (Å²) in [5.41, 5.74) is 1.22. The molecule has 1 saturated heterocycles. The third-order valence-electron chi connectivity index (χ3n) is 4.13. The molecule has 0 aliphatic carbocycles. The number of hydrogen-bond donors (Lipinski definition) is 2. The first-order chi connectivity index (χ1) is 11.5. The predicted octanol–water partition coefficient (Wildman–Crippen LogP) is 1.25. The number of benzene rings is 1. The maximum atomic E-state index is 12.6. The van der Waals surface area contributed by atoms with Gasteiger partial charge in [-0.1, -0.05) is 18.2 Å². The first-order valence-electron chi connectivity index (χ1n) is 7.73. The summed E-state index contributed by atoms with van der Waals surface area (Å²) in [7, 11) is -3.12. The normalized spacial score (nSPS) is 19.3. The Labute approximate surface area is 140 Å². The highest BCUT2D eigenvalue weighted by Crippen LogP contribution is 2.23. The standard InChI is InChI=1S/C16H19N3O4S/c20-9-8-19(13-6-10-24(22,23)11-13)16(21)18-14-5-1-3-12-4-2-7-17-15(12)14/h1-5,7,13,20H,6,8-11H2,(H,18,21)/t13-/m0/s1. The van der Waals surface area contributed by atoms with E-state index in [2.05, 4.69) is 10.3 Å². The Morgan fingerprint density at radius 2 is 2.12 bits per heavy atom. The molecule has 1 aliphatic heterocycles. The zero-order valence-electron chi connectivity index (χ0n) is 13.1. The van der Waals surface area contributed by atoms with E-state index in [-0.39, 0.29) is 24.7 Å². The Morgan fingerprint density at radius 1 is 1.33 bits per heavy atom. The van der Waals surface area contributed by atoms with Gasteiger partial charge in [0.15, 0.2) is 9.84 Å². The van der Waals surface area contributed by atoms with Gasteiger partial charge in [0.1, 0.15) is 0 Å². The molecule has 1 aliphatic rings. The first-order valence-corrected chi connectivity index (χ1v) is 9.55. The van der Waals surface area contributed by atoms with Gasteiger partial charge >= 0.3 is 6.03 Å². The van der Waals surface area contributed by atoms with Gasteiger partial charge in [0.25, 0.3) is 0 Å². The summed E-state index contributed by atoms with van der Waals surface area (Å²) in [6.45, 7) is -0.137. The van der Waals surface area contributed by atoms with Gasteiger partial charge in [0.05, 0.1) is 29.3 Å². The number of para-hydroxylation sites is 1. The van der Waals surface area contributed by atoms with Crippen molar-refractivity contribution in [1.29, 1.82) is 0 Å². The number of carbonyl (C=O) groups excluding carboxylic acids is 1. The lowest BCUT2D eigenvalue weighted by Gasteiger charge is -2.27. The molecule has 0 spiro atoms. The molecule has 0 bridgehead atoms. The number of aromatic nitrogens is 1. The highest BCUT2D eigenvalue weighted by atomic mass is 32.2. The summed E-state index contributed by atoms with van der Waals surface area (Å²) in [6, 6.07) is 8.33. The average Bonchev–Trinajstić information content (AvgIpc) is 2.92. The third kappa shape index (κ3) is 3.49. The Balaban J connectivity index is 1.83. The summed E-state index contributed by atoms with van der Waals surface area (Å²) in [4.78, 5) is 18.3. The van der Waals surface area contributed by atoms with Gasteiger partial charge in [-0.15, -0.1) is 0 Å². The van der Waals surface area contributed by atoms with Crippen LogP contribution in [-0.2, 0) is 9.84 Å². The van der Waals surface area contributed by atoms with E-state index in [1.54, 1.807) is 12.3 Å². The van der Waals surface area contributed by atoms with Crippen molar-refractivity contribution in [3.8, 4) is 0 Å². The number of aliphatic hydroxyl groups excluding tert-OH is 1. The summed E-state index contributed by atoms with van der Waals surface area (Å²) < 4.78 is 23.3. The number of urea groups is 1. The number of anilines is 1. The number of nitrogens with one attached hydrogen (secondary N) is 1. The summed E-state index contributed by atoms with van der Waals surface area (Å²) in [5.74, 6) is 0.0108. The van der Waals surface area contributed by atoms with E-state index in [9.17, 15) is 18.3 Å². The van der Waals surface area contributed by atoms with Crippen molar-refractivity contribution in [3.05, 3.63) is 36.5 Å². The van der Waals surface area contributed by atoms with Crippen LogP contribution in [0.1, 0.15) is 6.42 Å². The number of aliphatic hydroxyl groups is 1. The van der Waals surface area contributed by atoms with Gasteiger partial charge in [0.2, 0.25) is 0 Å². The number of hydrogen-bond acceptors (Lipinski definition) is 5. The van der Waals surface area contributed by atoms with Crippen LogP contribution in [0.2, 0.25) is 0 Å². The van der Waals surface area contributed by atoms with E-state index in [4.69, 9.17) is 0 Å². The van der Waals surface area contributed by atoms with Crippen molar-refractivity contribution in [2.75, 3.05) is 30.0 Å². The molecule has 24 heavy (non-hydrogen) atoms. The highest BCUT2D eigenvalue weighted by molar-refractivity contribution is 7.91. The van der Waals surface area contributed by atoms with Crippen molar-refractivity contribution < 1.29 is 18.3 Å². The fraction of sp³-hybridized carbons (Fsp3) is 0.375. The van der Waals surface area contributed by atoms with Crippen molar-refractivity contribution >= 4 is 32.5 Å². The molecule has 3 rings (SSSR count). The molecule has 2 N–H and O–H groups in total. The van der Waals surface area contributed by atoms with Crippen molar-refractivity contribution in [1.82, 2.24) is 9.88 Å². The Hall–Kier alpha value is -2.19. The number of amides is 2. The topological polar surface area (TPSA) is 99.6 Å². The van der Waals surface area contributed by atoms with Crippen LogP contribution in [0.5, 0.6) is 0 Å². The lowest BCUT2D eigenvalue weighted by molar-refractivity contribution is 0.169. The quantitative estimate of drug-likeness (QED) is 0.865. The second kappa shape index (κ2) is 6.74. The molecular weight excluding hydrogens is 330 g/mol. The zero-order valence-corrected chi connectivity index (χ0v) is 13.9. The van der Waals surface area contributed by atoms with Gasteiger partial charge in [-0.25, -0.2) is 13.2 Å². The molecule has 1 atom stereocenters. The molecule has 0 unspecified atom stereocenters. The lowest BCUT2D eigenvalue weighted by atomic mass is 10.2. The largest absolute Gasteiger partial charge is 0.395 e. The molecule has 0 radical (unpaired) electrons. The molecule has 7 nitrogen and oxygen atoms in total. The molecule has 1 aromatic heterocycles. The molecule has 1 aromatic carbocycles. The Kier molecular flexibility index (Phi) is 4.68. The SMILES string of the molecule is O=C(Nc1cccc2cccnc12)N(CCO)[C@H]1CCS(=O)(=O)C1. The van der Waals surface area contributed by atoms with E-state index >= 15 is 0 Å².